The minimum Gasteiger partial charge on any atom is -0.388 e. The van der Waals surface area contributed by atoms with Gasteiger partial charge >= 0.3 is 0 Å². The average molecular weight is 304 g/mol. The Morgan fingerprint density at radius 1 is 0.727 bits per heavy atom. The number of nitrogens with one attached hydrogen (secondary N) is 1. The van der Waals surface area contributed by atoms with Gasteiger partial charge in [0.25, 0.3) is 0 Å². The molecule has 3 aromatic rings. The highest BCUT2D eigenvalue weighted by atomic mass is 32.2. The maximum atomic E-state index is 3.17. The fourth-order valence-corrected chi connectivity index (χ4v) is 3.82. The van der Waals surface area contributed by atoms with E-state index in [2.05, 4.69) is 83.0 Å². The van der Waals surface area contributed by atoms with E-state index < -0.39 is 0 Å². The molecule has 1 aliphatic heterocycles. The number of benzene rings is 3. The normalized spacial score (nSPS) is 12.5. The summed E-state index contributed by atoms with van der Waals surface area (Å²) >= 11 is 1.83. The van der Waals surface area contributed by atoms with E-state index in [-0.39, 0.29) is 0 Å². The van der Waals surface area contributed by atoms with Crippen molar-refractivity contribution in [1.29, 1.82) is 0 Å². The first-order chi connectivity index (χ1) is 10.9. The molecular weight excluding hydrogens is 288 g/mol. The summed E-state index contributed by atoms with van der Waals surface area (Å²) in [5, 5.41) is 3.17. The molecular formula is C19H16N2S. The van der Waals surface area contributed by atoms with Crippen molar-refractivity contribution in [3.63, 3.8) is 0 Å². The van der Waals surface area contributed by atoms with Crippen LogP contribution < -0.4 is 10.2 Å². The van der Waals surface area contributed by atoms with E-state index in [4.69, 9.17) is 0 Å². The molecule has 1 N–H and O–H groups in total. The number of rotatable bonds is 2. The van der Waals surface area contributed by atoms with Crippen molar-refractivity contribution < 1.29 is 0 Å². The topological polar surface area (TPSA) is 15.3 Å². The van der Waals surface area contributed by atoms with Crippen molar-refractivity contribution >= 4 is 34.5 Å². The molecule has 0 saturated heterocycles. The number of hydrogen-bond acceptors (Lipinski definition) is 3. The van der Waals surface area contributed by atoms with E-state index >= 15 is 0 Å². The quantitative estimate of drug-likeness (QED) is 0.514. The summed E-state index contributed by atoms with van der Waals surface area (Å²) in [7, 11) is 1.94. The molecule has 1 aliphatic rings. The first-order valence-corrected chi connectivity index (χ1v) is 8.12. The Morgan fingerprint density at radius 2 is 1.27 bits per heavy atom. The van der Waals surface area contributed by atoms with Gasteiger partial charge in [0.2, 0.25) is 0 Å². The van der Waals surface area contributed by atoms with Crippen LogP contribution in [0.15, 0.2) is 82.6 Å². The van der Waals surface area contributed by atoms with Crippen LogP contribution in [-0.4, -0.2) is 7.05 Å². The van der Waals surface area contributed by atoms with Crippen molar-refractivity contribution in [2.24, 2.45) is 0 Å². The average Bonchev–Trinajstić information content (AvgIpc) is 2.60. The van der Waals surface area contributed by atoms with Gasteiger partial charge in [-0.3, -0.25) is 0 Å². The Bertz CT molecular complexity index is 766. The SMILES string of the molecule is CNc1ccc(N2c3ccccc3Sc3ccccc32)cc1. The number of fused-ring (bicyclic) bond motifs is 2. The van der Waals surface area contributed by atoms with Crippen molar-refractivity contribution in [3.05, 3.63) is 72.8 Å². The lowest BCUT2D eigenvalue weighted by atomic mass is 10.1. The number of nitrogens with zero attached hydrogens (tertiary/aromatic N) is 1. The third kappa shape index (κ3) is 2.14. The van der Waals surface area contributed by atoms with Crippen LogP contribution in [0, 0.1) is 0 Å². The van der Waals surface area contributed by atoms with E-state index in [9.17, 15) is 0 Å². The third-order valence-corrected chi connectivity index (χ3v) is 4.98. The number of anilines is 4. The van der Waals surface area contributed by atoms with Gasteiger partial charge in [0.1, 0.15) is 0 Å². The molecule has 22 heavy (non-hydrogen) atoms. The second-order valence-electron chi connectivity index (χ2n) is 5.17. The van der Waals surface area contributed by atoms with Gasteiger partial charge in [0, 0.05) is 28.2 Å². The lowest BCUT2D eigenvalue weighted by molar-refractivity contribution is 1.17. The lowest BCUT2D eigenvalue weighted by Gasteiger charge is -2.32. The zero-order chi connectivity index (χ0) is 14.9. The van der Waals surface area contributed by atoms with Gasteiger partial charge < -0.3 is 10.2 Å². The van der Waals surface area contributed by atoms with Gasteiger partial charge in [0.05, 0.1) is 11.4 Å². The molecule has 0 amide bonds. The van der Waals surface area contributed by atoms with Gasteiger partial charge in [-0.2, -0.15) is 0 Å². The molecule has 108 valence electrons. The molecule has 0 bridgehead atoms. The molecule has 0 unspecified atom stereocenters. The zero-order valence-electron chi connectivity index (χ0n) is 12.3. The fourth-order valence-electron chi connectivity index (χ4n) is 2.76. The Hall–Kier alpha value is -2.39. The first-order valence-electron chi connectivity index (χ1n) is 7.31. The fraction of sp³-hybridized carbons (Fsp3) is 0.0526. The summed E-state index contributed by atoms with van der Waals surface area (Å²) in [4.78, 5) is 4.92. The van der Waals surface area contributed by atoms with Crippen molar-refractivity contribution in [1.82, 2.24) is 0 Å². The van der Waals surface area contributed by atoms with E-state index in [1.165, 1.54) is 26.9 Å². The van der Waals surface area contributed by atoms with Crippen LogP contribution >= 0.6 is 11.8 Å². The van der Waals surface area contributed by atoms with Gasteiger partial charge in [0.15, 0.2) is 0 Å². The van der Waals surface area contributed by atoms with E-state index in [0.29, 0.717) is 0 Å². The highest BCUT2D eigenvalue weighted by molar-refractivity contribution is 7.99. The minimum atomic E-state index is 1.12. The molecule has 0 saturated carbocycles. The van der Waals surface area contributed by atoms with Crippen molar-refractivity contribution in [3.8, 4) is 0 Å². The number of hydrogen-bond donors (Lipinski definition) is 1. The summed E-state index contributed by atoms with van der Waals surface area (Å²) in [6.07, 6.45) is 0. The third-order valence-electron chi connectivity index (χ3n) is 3.85. The molecule has 4 rings (SSSR count). The second-order valence-corrected chi connectivity index (χ2v) is 6.25. The van der Waals surface area contributed by atoms with Crippen LogP contribution in [0.3, 0.4) is 0 Å². The predicted molar refractivity (Wildman–Crippen MR) is 94.8 cm³/mol. The Kier molecular flexibility index (Phi) is 3.28. The highest BCUT2D eigenvalue weighted by Gasteiger charge is 2.23. The monoisotopic (exact) mass is 304 g/mol. The van der Waals surface area contributed by atoms with Crippen LogP contribution in [0.4, 0.5) is 22.7 Å². The smallest absolute Gasteiger partial charge is 0.0601 e. The molecule has 0 atom stereocenters. The lowest BCUT2D eigenvalue weighted by Crippen LogP contribution is -2.14. The van der Waals surface area contributed by atoms with Crippen LogP contribution in [0.25, 0.3) is 0 Å². The summed E-state index contributed by atoms with van der Waals surface area (Å²) in [6, 6.07) is 25.7. The van der Waals surface area contributed by atoms with Crippen molar-refractivity contribution in [2.75, 3.05) is 17.3 Å². The van der Waals surface area contributed by atoms with Crippen LogP contribution in [-0.2, 0) is 0 Å². The molecule has 3 aromatic carbocycles. The Balaban J connectivity index is 1.90. The highest BCUT2D eigenvalue weighted by Crippen LogP contribution is 2.50. The molecule has 0 aromatic heterocycles. The summed E-state index contributed by atoms with van der Waals surface area (Å²) in [6.45, 7) is 0. The molecule has 3 heteroatoms. The maximum Gasteiger partial charge on any atom is 0.0601 e. The largest absolute Gasteiger partial charge is 0.388 e. The van der Waals surface area contributed by atoms with E-state index in [1.54, 1.807) is 0 Å². The Morgan fingerprint density at radius 3 is 1.82 bits per heavy atom. The van der Waals surface area contributed by atoms with Gasteiger partial charge in [-0.25, -0.2) is 0 Å². The standard InChI is InChI=1S/C19H16N2S/c1-20-14-10-12-15(13-11-14)21-16-6-2-4-8-18(16)22-19-9-5-3-7-17(19)21/h2-13,20H,1H3. The van der Waals surface area contributed by atoms with E-state index in [1.807, 2.05) is 18.8 Å². The molecule has 0 aliphatic carbocycles. The van der Waals surface area contributed by atoms with Crippen molar-refractivity contribution in [2.45, 2.75) is 9.79 Å². The second kappa shape index (κ2) is 5.43. The zero-order valence-corrected chi connectivity index (χ0v) is 13.1. The van der Waals surface area contributed by atoms with Gasteiger partial charge in [-0.1, -0.05) is 36.0 Å². The summed E-state index contributed by atoms with van der Waals surface area (Å²) in [5.41, 5.74) is 4.78. The van der Waals surface area contributed by atoms with Gasteiger partial charge in [-0.05, 0) is 48.5 Å². The Labute approximate surface area is 134 Å². The van der Waals surface area contributed by atoms with Gasteiger partial charge in [-0.15, -0.1) is 0 Å². The summed E-state index contributed by atoms with van der Waals surface area (Å²) < 4.78 is 0. The molecule has 0 spiro atoms. The van der Waals surface area contributed by atoms with Crippen LogP contribution in [0.2, 0.25) is 0 Å². The summed E-state index contributed by atoms with van der Waals surface area (Å²) in [5.74, 6) is 0. The minimum absolute atomic E-state index is 1.12. The molecule has 0 radical (unpaired) electrons. The molecule has 0 fully saturated rings. The van der Waals surface area contributed by atoms with Crippen LogP contribution in [0.1, 0.15) is 0 Å². The number of para-hydroxylation sites is 2. The first kappa shape index (κ1) is 13.3. The molecule has 1 heterocycles. The maximum absolute atomic E-state index is 3.17. The van der Waals surface area contributed by atoms with E-state index in [0.717, 1.165) is 5.69 Å². The van der Waals surface area contributed by atoms with Crippen LogP contribution in [0.5, 0.6) is 0 Å². The molecule has 2 nitrogen and oxygen atoms in total. The predicted octanol–water partition coefficient (Wildman–Crippen LogP) is 5.66.